The van der Waals surface area contributed by atoms with E-state index in [1.165, 1.54) is 12.8 Å². The van der Waals surface area contributed by atoms with Gasteiger partial charge in [0, 0.05) is 18.6 Å². The fourth-order valence-electron chi connectivity index (χ4n) is 3.48. The average molecular weight is 253 g/mol. The Kier molecular flexibility index (Phi) is 4.62. The van der Waals surface area contributed by atoms with Gasteiger partial charge in [-0.3, -0.25) is 4.79 Å². The quantitative estimate of drug-likeness (QED) is 0.787. The Morgan fingerprint density at radius 1 is 1.33 bits per heavy atom. The minimum Gasteiger partial charge on any atom is -0.354 e. The second-order valence-corrected chi connectivity index (χ2v) is 6.12. The van der Waals surface area contributed by atoms with E-state index in [4.69, 9.17) is 5.73 Å². The summed E-state index contributed by atoms with van der Waals surface area (Å²) in [5.74, 6) is 0.621. The first-order valence-electron chi connectivity index (χ1n) is 7.33. The predicted molar refractivity (Wildman–Crippen MR) is 73.1 cm³/mol. The van der Waals surface area contributed by atoms with Gasteiger partial charge in [-0.25, -0.2) is 0 Å². The molecule has 2 aliphatic rings. The first-order chi connectivity index (χ1) is 8.59. The lowest BCUT2D eigenvalue weighted by Crippen LogP contribution is -2.49. The maximum atomic E-state index is 12.3. The summed E-state index contributed by atoms with van der Waals surface area (Å²) in [5, 5.41) is 3.12. The number of carbonyl (C=O) groups excluding carboxylic acids is 1. The Bertz CT molecular complexity index is 285. The van der Waals surface area contributed by atoms with E-state index in [1.807, 2.05) is 0 Å². The minimum absolute atomic E-state index is 0.0189. The smallest absolute Gasteiger partial charge is 0.225 e. The summed E-state index contributed by atoms with van der Waals surface area (Å²) in [4.78, 5) is 14.6. The SMILES string of the molecule is CC1CCCC(N)C1C(=O)NCC1CCCN1C. The Labute approximate surface area is 110 Å². The predicted octanol–water partition coefficient (Wildman–Crippen LogP) is 0.960. The van der Waals surface area contributed by atoms with Gasteiger partial charge in [0.15, 0.2) is 0 Å². The van der Waals surface area contributed by atoms with E-state index in [9.17, 15) is 4.79 Å². The third-order valence-electron chi connectivity index (χ3n) is 4.76. The van der Waals surface area contributed by atoms with Gasteiger partial charge in [-0.1, -0.05) is 13.3 Å². The Balaban J connectivity index is 1.83. The maximum absolute atomic E-state index is 12.3. The largest absolute Gasteiger partial charge is 0.354 e. The fraction of sp³-hybridized carbons (Fsp3) is 0.929. The highest BCUT2D eigenvalue weighted by Crippen LogP contribution is 2.29. The molecule has 2 fully saturated rings. The van der Waals surface area contributed by atoms with Crippen molar-refractivity contribution in [1.82, 2.24) is 10.2 Å². The molecule has 1 aliphatic carbocycles. The number of rotatable bonds is 3. The molecule has 1 amide bonds. The number of nitrogens with zero attached hydrogens (tertiary/aromatic N) is 1. The summed E-state index contributed by atoms with van der Waals surface area (Å²) in [5.41, 5.74) is 6.11. The maximum Gasteiger partial charge on any atom is 0.225 e. The lowest BCUT2D eigenvalue weighted by atomic mass is 9.76. The highest BCUT2D eigenvalue weighted by molar-refractivity contribution is 5.79. The van der Waals surface area contributed by atoms with Crippen LogP contribution in [0.3, 0.4) is 0 Å². The van der Waals surface area contributed by atoms with E-state index >= 15 is 0 Å². The van der Waals surface area contributed by atoms with Crippen molar-refractivity contribution in [2.24, 2.45) is 17.6 Å². The van der Waals surface area contributed by atoms with Crippen molar-refractivity contribution >= 4 is 5.91 Å². The molecule has 18 heavy (non-hydrogen) atoms. The number of hydrogen-bond donors (Lipinski definition) is 2. The van der Waals surface area contributed by atoms with Crippen LogP contribution in [0.5, 0.6) is 0 Å². The van der Waals surface area contributed by atoms with Crippen LogP contribution in [0.4, 0.5) is 0 Å². The van der Waals surface area contributed by atoms with Crippen LogP contribution in [0.15, 0.2) is 0 Å². The second-order valence-electron chi connectivity index (χ2n) is 6.12. The van der Waals surface area contributed by atoms with E-state index in [0.29, 0.717) is 12.0 Å². The van der Waals surface area contributed by atoms with Crippen LogP contribution in [0.1, 0.15) is 39.0 Å². The molecule has 2 rings (SSSR count). The normalized spacial score (nSPS) is 37.7. The number of likely N-dealkylation sites (tertiary alicyclic amines) is 1. The van der Waals surface area contributed by atoms with E-state index in [2.05, 4.69) is 24.2 Å². The van der Waals surface area contributed by atoms with Gasteiger partial charge in [-0.2, -0.15) is 0 Å². The molecule has 1 saturated heterocycles. The van der Waals surface area contributed by atoms with E-state index in [1.54, 1.807) is 0 Å². The molecule has 3 N–H and O–H groups in total. The van der Waals surface area contributed by atoms with Gasteiger partial charge in [0.1, 0.15) is 0 Å². The third kappa shape index (κ3) is 3.04. The van der Waals surface area contributed by atoms with Crippen LogP contribution >= 0.6 is 0 Å². The lowest BCUT2D eigenvalue weighted by molar-refractivity contribution is -0.128. The highest BCUT2D eigenvalue weighted by atomic mass is 16.1. The summed E-state index contributed by atoms with van der Waals surface area (Å²) in [6, 6.07) is 0.569. The molecule has 4 atom stereocenters. The topological polar surface area (TPSA) is 58.4 Å². The first-order valence-corrected chi connectivity index (χ1v) is 7.33. The number of nitrogens with one attached hydrogen (secondary N) is 1. The molecule has 4 unspecified atom stereocenters. The summed E-state index contributed by atoms with van der Waals surface area (Å²) in [7, 11) is 2.14. The number of hydrogen-bond acceptors (Lipinski definition) is 3. The van der Waals surface area contributed by atoms with Crippen LogP contribution in [0.25, 0.3) is 0 Å². The van der Waals surface area contributed by atoms with E-state index in [-0.39, 0.29) is 17.9 Å². The Hall–Kier alpha value is -0.610. The van der Waals surface area contributed by atoms with Gasteiger partial charge in [0.2, 0.25) is 5.91 Å². The molecule has 1 aliphatic heterocycles. The van der Waals surface area contributed by atoms with Crippen LogP contribution in [0.2, 0.25) is 0 Å². The molecule has 0 aromatic carbocycles. The number of nitrogens with two attached hydrogens (primary N) is 1. The van der Waals surface area contributed by atoms with Gasteiger partial charge in [0.05, 0.1) is 5.92 Å². The first kappa shape index (κ1) is 13.8. The third-order valence-corrected chi connectivity index (χ3v) is 4.76. The molecule has 4 nitrogen and oxygen atoms in total. The summed E-state index contributed by atoms with van der Waals surface area (Å²) in [6.45, 7) is 4.09. The van der Waals surface area contributed by atoms with Gasteiger partial charge < -0.3 is 16.0 Å². The molecule has 1 heterocycles. The molecule has 0 aromatic rings. The van der Waals surface area contributed by atoms with Crippen molar-refractivity contribution in [2.75, 3.05) is 20.1 Å². The van der Waals surface area contributed by atoms with Crippen molar-refractivity contribution in [3.8, 4) is 0 Å². The molecular weight excluding hydrogens is 226 g/mol. The number of amides is 1. The average Bonchev–Trinajstić information content (AvgIpc) is 2.72. The van der Waals surface area contributed by atoms with E-state index in [0.717, 1.165) is 32.4 Å². The van der Waals surface area contributed by atoms with Gasteiger partial charge >= 0.3 is 0 Å². The molecule has 0 bridgehead atoms. The van der Waals surface area contributed by atoms with Gasteiger partial charge in [-0.05, 0) is 45.2 Å². The summed E-state index contributed by atoms with van der Waals surface area (Å²) >= 11 is 0. The standard InChI is InChI=1S/C14H27N3O/c1-10-5-3-7-12(15)13(10)14(18)16-9-11-6-4-8-17(11)2/h10-13H,3-9,15H2,1-2H3,(H,16,18). The molecule has 104 valence electrons. The molecule has 0 spiro atoms. The van der Waals surface area contributed by atoms with Crippen molar-refractivity contribution in [3.63, 3.8) is 0 Å². The Morgan fingerprint density at radius 3 is 2.72 bits per heavy atom. The van der Waals surface area contributed by atoms with Crippen molar-refractivity contribution in [3.05, 3.63) is 0 Å². The van der Waals surface area contributed by atoms with Crippen LogP contribution in [-0.2, 0) is 4.79 Å². The van der Waals surface area contributed by atoms with E-state index < -0.39 is 0 Å². The molecule has 0 aromatic heterocycles. The zero-order valence-electron chi connectivity index (χ0n) is 11.7. The zero-order valence-corrected chi connectivity index (χ0v) is 11.7. The minimum atomic E-state index is 0.0189. The van der Waals surface area contributed by atoms with Crippen molar-refractivity contribution in [1.29, 1.82) is 0 Å². The molecule has 0 radical (unpaired) electrons. The summed E-state index contributed by atoms with van der Waals surface area (Å²) < 4.78 is 0. The second kappa shape index (κ2) is 6.02. The lowest BCUT2D eigenvalue weighted by Gasteiger charge is -2.33. The van der Waals surface area contributed by atoms with Crippen molar-refractivity contribution in [2.45, 2.75) is 51.1 Å². The summed E-state index contributed by atoms with van der Waals surface area (Å²) in [6.07, 6.45) is 5.73. The number of likely N-dealkylation sites (N-methyl/N-ethyl adjacent to an activating group) is 1. The van der Waals surface area contributed by atoms with Gasteiger partial charge in [0.25, 0.3) is 0 Å². The Morgan fingerprint density at radius 2 is 2.11 bits per heavy atom. The van der Waals surface area contributed by atoms with Crippen LogP contribution in [-0.4, -0.2) is 43.0 Å². The fourth-order valence-corrected chi connectivity index (χ4v) is 3.48. The van der Waals surface area contributed by atoms with Gasteiger partial charge in [-0.15, -0.1) is 0 Å². The van der Waals surface area contributed by atoms with Crippen LogP contribution < -0.4 is 11.1 Å². The molecular formula is C14H27N3O. The van der Waals surface area contributed by atoms with Crippen LogP contribution in [0, 0.1) is 11.8 Å². The monoisotopic (exact) mass is 253 g/mol. The number of carbonyl (C=O) groups is 1. The molecule has 1 saturated carbocycles. The highest BCUT2D eigenvalue weighted by Gasteiger charge is 2.34. The zero-order chi connectivity index (χ0) is 13.1. The van der Waals surface area contributed by atoms with Crippen molar-refractivity contribution < 1.29 is 4.79 Å². The molecule has 4 heteroatoms.